The first-order chi connectivity index (χ1) is 11.8. The summed E-state index contributed by atoms with van der Waals surface area (Å²) in [6, 6.07) is 2.17. The number of likely N-dealkylation sites (N-methyl/N-ethyl adjacent to an activating group) is 2. The second kappa shape index (κ2) is 8.43. The molecule has 1 rings (SSSR count). The molecule has 1 amide bonds. The predicted octanol–water partition coefficient (Wildman–Crippen LogP) is 3.82. The fourth-order valence-electron chi connectivity index (χ4n) is 3.37. The van der Waals surface area contributed by atoms with Gasteiger partial charge in [-0.3, -0.25) is 4.79 Å². The lowest BCUT2D eigenvalue weighted by Crippen LogP contribution is -2.34. The smallest absolute Gasteiger partial charge is 0.226 e. The number of hydrogen-bond acceptors (Lipinski definition) is 3. The number of hydrogen-bond donors (Lipinski definition) is 1. The van der Waals surface area contributed by atoms with Gasteiger partial charge in [-0.25, -0.2) is 0 Å². The molecule has 0 spiro atoms. The summed E-state index contributed by atoms with van der Waals surface area (Å²) >= 11 is 0. The van der Waals surface area contributed by atoms with Gasteiger partial charge in [-0.1, -0.05) is 47.6 Å². The first-order valence-electron chi connectivity index (χ1n) is 9.44. The topological polar surface area (TPSA) is 41.6 Å². The minimum Gasteiger partial charge on any atom is -0.496 e. The quantitative estimate of drug-likeness (QED) is 0.836. The van der Waals surface area contributed by atoms with Gasteiger partial charge in [-0.15, -0.1) is 0 Å². The molecular weight excluding hydrogens is 324 g/mol. The van der Waals surface area contributed by atoms with Crippen LogP contribution >= 0.6 is 0 Å². The van der Waals surface area contributed by atoms with Crippen molar-refractivity contribution in [2.75, 3.05) is 34.3 Å². The molecule has 0 saturated carbocycles. The molecule has 4 heteroatoms. The van der Waals surface area contributed by atoms with Crippen molar-refractivity contribution in [3.63, 3.8) is 0 Å². The minimum absolute atomic E-state index is 0.0606. The van der Waals surface area contributed by atoms with Crippen LogP contribution in [0.4, 0.5) is 0 Å². The van der Waals surface area contributed by atoms with Crippen molar-refractivity contribution in [2.45, 2.75) is 65.7 Å². The first kappa shape index (κ1) is 22.5. The van der Waals surface area contributed by atoms with Gasteiger partial charge >= 0.3 is 0 Å². The molecule has 0 aliphatic rings. The summed E-state index contributed by atoms with van der Waals surface area (Å²) in [5.74, 6) is 1.11. The molecule has 0 saturated heterocycles. The van der Waals surface area contributed by atoms with E-state index in [1.807, 2.05) is 14.1 Å². The van der Waals surface area contributed by atoms with Crippen LogP contribution in [0, 0.1) is 6.92 Å². The monoisotopic (exact) mass is 362 g/mol. The number of carbonyl (C=O) groups excluding carboxylic acids is 1. The molecule has 0 bridgehead atoms. The lowest BCUT2D eigenvalue weighted by Gasteiger charge is -2.32. The summed E-state index contributed by atoms with van der Waals surface area (Å²) in [7, 11) is 5.51. The Morgan fingerprint density at radius 1 is 1.15 bits per heavy atom. The number of carbonyl (C=O) groups is 1. The zero-order chi connectivity index (χ0) is 20.3. The Morgan fingerprint density at radius 2 is 1.73 bits per heavy atom. The molecule has 0 fully saturated rings. The zero-order valence-electron chi connectivity index (χ0n) is 18.5. The largest absolute Gasteiger partial charge is 0.496 e. The average molecular weight is 363 g/mol. The molecule has 26 heavy (non-hydrogen) atoms. The predicted molar refractivity (Wildman–Crippen MR) is 110 cm³/mol. The third kappa shape index (κ3) is 5.23. The highest BCUT2D eigenvalue weighted by Gasteiger charge is 2.30. The van der Waals surface area contributed by atoms with Crippen LogP contribution in [0.5, 0.6) is 5.75 Å². The van der Waals surface area contributed by atoms with E-state index in [0.29, 0.717) is 13.0 Å². The van der Waals surface area contributed by atoms with Gasteiger partial charge in [0.1, 0.15) is 5.75 Å². The summed E-state index contributed by atoms with van der Waals surface area (Å²) in [5.41, 5.74) is 4.51. The third-order valence-electron chi connectivity index (χ3n) is 4.87. The number of ether oxygens (including phenoxy) is 1. The SMILES string of the molecule is CNCCN(C)C(=O)Cc1cc(C(C)(C)C)c(OC)c(C(C)(C)C)c1C. The molecule has 1 aromatic rings. The Balaban J connectivity index is 3.47. The van der Waals surface area contributed by atoms with Gasteiger partial charge in [-0.05, 0) is 35.9 Å². The van der Waals surface area contributed by atoms with Gasteiger partial charge in [0, 0.05) is 31.3 Å². The van der Waals surface area contributed by atoms with Gasteiger partial charge in [0.2, 0.25) is 5.91 Å². The fourth-order valence-corrected chi connectivity index (χ4v) is 3.37. The number of methoxy groups -OCH3 is 1. The van der Waals surface area contributed by atoms with Gasteiger partial charge in [-0.2, -0.15) is 0 Å². The van der Waals surface area contributed by atoms with Crippen molar-refractivity contribution in [1.29, 1.82) is 0 Å². The second-order valence-corrected chi connectivity index (χ2v) is 9.21. The summed E-state index contributed by atoms with van der Waals surface area (Å²) in [6.07, 6.45) is 0.419. The molecule has 0 unspecified atom stereocenters. The molecule has 0 aromatic heterocycles. The van der Waals surface area contributed by atoms with E-state index in [4.69, 9.17) is 4.74 Å². The van der Waals surface area contributed by atoms with Crippen LogP contribution in [0.25, 0.3) is 0 Å². The Bertz CT molecular complexity index is 637. The molecule has 0 atom stereocenters. The lowest BCUT2D eigenvalue weighted by molar-refractivity contribution is -0.129. The van der Waals surface area contributed by atoms with Crippen LogP contribution in [0.15, 0.2) is 6.07 Å². The van der Waals surface area contributed by atoms with E-state index in [1.165, 1.54) is 5.56 Å². The molecule has 0 aliphatic heterocycles. The lowest BCUT2D eigenvalue weighted by atomic mass is 9.75. The van der Waals surface area contributed by atoms with Crippen LogP contribution < -0.4 is 10.1 Å². The van der Waals surface area contributed by atoms with Crippen LogP contribution in [-0.4, -0.2) is 45.1 Å². The maximum atomic E-state index is 12.7. The Labute approximate surface area is 160 Å². The van der Waals surface area contributed by atoms with E-state index in [9.17, 15) is 4.79 Å². The van der Waals surface area contributed by atoms with Crippen molar-refractivity contribution in [1.82, 2.24) is 10.2 Å². The first-order valence-corrected chi connectivity index (χ1v) is 9.44. The summed E-state index contributed by atoms with van der Waals surface area (Å²) < 4.78 is 5.87. The van der Waals surface area contributed by atoms with E-state index in [0.717, 1.165) is 29.0 Å². The van der Waals surface area contributed by atoms with Crippen LogP contribution in [-0.2, 0) is 22.0 Å². The Hall–Kier alpha value is -1.55. The van der Waals surface area contributed by atoms with Crippen molar-refractivity contribution in [3.8, 4) is 5.75 Å². The highest BCUT2D eigenvalue weighted by Crippen LogP contribution is 2.43. The molecule has 1 aromatic carbocycles. The highest BCUT2D eigenvalue weighted by atomic mass is 16.5. The molecule has 0 radical (unpaired) electrons. The molecule has 1 N–H and O–H groups in total. The van der Waals surface area contributed by atoms with E-state index < -0.39 is 0 Å². The number of rotatable bonds is 6. The van der Waals surface area contributed by atoms with Gasteiger partial charge < -0.3 is 15.0 Å². The van der Waals surface area contributed by atoms with E-state index in [-0.39, 0.29) is 16.7 Å². The standard InChI is InChI=1S/C22H38N2O2/c1-15-16(14-18(25)24(9)12-11-23-8)13-17(21(2,3)4)20(26-10)19(15)22(5,6)7/h13,23H,11-12,14H2,1-10H3. The highest BCUT2D eigenvalue weighted by molar-refractivity contribution is 5.79. The molecule has 4 nitrogen and oxygen atoms in total. The maximum absolute atomic E-state index is 12.7. The molecule has 148 valence electrons. The van der Waals surface area contributed by atoms with Crippen molar-refractivity contribution < 1.29 is 9.53 Å². The van der Waals surface area contributed by atoms with Crippen LogP contribution in [0.1, 0.15) is 63.8 Å². The summed E-state index contributed by atoms with van der Waals surface area (Å²) in [6.45, 7) is 16.8. The van der Waals surface area contributed by atoms with Crippen molar-refractivity contribution in [3.05, 3.63) is 28.3 Å². The van der Waals surface area contributed by atoms with Crippen LogP contribution in [0.3, 0.4) is 0 Å². The molecule has 0 aliphatic carbocycles. The number of amides is 1. The van der Waals surface area contributed by atoms with Gasteiger partial charge in [0.05, 0.1) is 13.5 Å². The van der Waals surface area contributed by atoms with Gasteiger partial charge in [0.15, 0.2) is 0 Å². The average Bonchev–Trinajstić information content (AvgIpc) is 2.51. The van der Waals surface area contributed by atoms with Crippen molar-refractivity contribution >= 4 is 5.91 Å². The van der Waals surface area contributed by atoms with Crippen LogP contribution in [0.2, 0.25) is 0 Å². The number of benzene rings is 1. The second-order valence-electron chi connectivity index (χ2n) is 9.21. The van der Waals surface area contributed by atoms with E-state index in [2.05, 4.69) is 59.8 Å². The van der Waals surface area contributed by atoms with Crippen molar-refractivity contribution in [2.24, 2.45) is 0 Å². The Kier molecular flexibility index (Phi) is 7.29. The van der Waals surface area contributed by atoms with E-state index in [1.54, 1.807) is 12.0 Å². The fraction of sp³-hybridized carbons (Fsp3) is 0.682. The Morgan fingerprint density at radius 3 is 2.15 bits per heavy atom. The minimum atomic E-state index is -0.0630. The normalized spacial score (nSPS) is 12.2. The molecular formula is C22H38N2O2. The molecule has 0 heterocycles. The number of nitrogens with zero attached hydrogens (tertiary/aromatic N) is 1. The zero-order valence-corrected chi connectivity index (χ0v) is 18.5. The van der Waals surface area contributed by atoms with Gasteiger partial charge in [0.25, 0.3) is 0 Å². The summed E-state index contributed by atoms with van der Waals surface area (Å²) in [4.78, 5) is 14.5. The van der Waals surface area contributed by atoms with E-state index >= 15 is 0 Å². The summed E-state index contributed by atoms with van der Waals surface area (Å²) in [5, 5.41) is 3.09. The third-order valence-corrected chi connectivity index (χ3v) is 4.87. The maximum Gasteiger partial charge on any atom is 0.226 e. The number of nitrogens with one attached hydrogen (secondary N) is 1.